The Morgan fingerprint density at radius 3 is 2.63 bits per heavy atom. The zero-order valence-electron chi connectivity index (χ0n) is 20.0. The molecular formula is C24H27N5O5S. The van der Waals surface area contributed by atoms with E-state index < -0.39 is 16.1 Å². The third kappa shape index (κ3) is 4.85. The standard InChI is InChI=1S/C24H27N5O5S/c1-28(2)23(30)20-13-17(14-29(20)3)35(32,33)27-24(31)26-22-18-7-5-6-15(18)8-9-19(22)16-10-11-25-21(12-16)34-4/h8-14H,5-7H2,1-4H3,(H2,26,27,31). The normalized spacial score (nSPS) is 12.7. The SMILES string of the molecule is COc1cc(-c2ccc3c(c2NC(=O)NS(=O)(=O)c2cc(C(=O)N(C)C)n(C)c2)CCC3)ccn1. The van der Waals surface area contributed by atoms with Crippen LogP contribution in [-0.4, -0.2) is 56.0 Å². The van der Waals surface area contributed by atoms with E-state index in [9.17, 15) is 18.0 Å². The summed E-state index contributed by atoms with van der Waals surface area (Å²) in [5.74, 6) is 0.0730. The van der Waals surface area contributed by atoms with Crippen molar-refractivity contribution in [3.63, 3.8) is 0 Å². The van der Waals surface area contributed by atoms with Crippen molar-refractivity contribution < 1.29 is 22.7 Å². The molecule has 0 unspecified atom stereocenters. The van der Waals surface area contributed by atoms with Gasteiger partial charge in [-0.05, 0) is 48.1 Å². The van der Waals surface area contributed by atoms with Gasteiger partial charge < -0.3 is 19.5 Å². The maximum atomic E-state index is 12.9. The second kappa shape index (κ2) is 9.41. The molecule has 3 aromatic rings. The molecule has 1 aliphatic rings. The van der Waals surface area contributed by atoms with Crippen molar-refractivity contribution in [2.24, 2.45) is 7.05 Å². The van der Waals surface area contributed by atoms with Crippen molar-refractivity contribution in [1.82, 2.24) is 19.2 Å². The van der Waals surface area contributed by atoms with Crippen LogP contribution in [0.4, 0.5) is 10.5 Å². The zero-order chi connectivity index (χ0) is 25.3. The lowest BCUT2D eigenvalue weighted by Gasteiger charge is -2.17. The maximum absolute atomic E-state index is 12.9. The first-order chi connectivity index (χ1) is 16.6. The Morgan fingerprint density at radius 2 is 1.91 bits per heavy atom. The van der Waals surface area contributed by atoms with Crippen LogP contribution in [0.3, 0.4) is 0 Å². The van der Waals surface area contributed by atoms with Gasteiger partial charge in [0.15, 0.2) is 0 Å². The summed E-state index contributed by atoms with van der Waals surface area (Å²) < 4.78 is 34.6. The number of fused-ring (bicyclic) bond motifs is 1. The number of aryl methyl sites for hydroxylation is 2. The first-order valence-electron chi connectivity index (χ1n) is 11.0. The van der Waals surface area contributed by atoms with Crippen molar-refractivity contribution in [2.45, 2.75) is 24.2 Å². The lowest BCUT2D eigenvalue weighted by atomic mass is 9.98. The number of nitrogens with one attached hydrogen (secondary N) is 2. The fraction of sp³-hybridized carbons (Fsp3) is 0.292. The molecule has 1 aliphatic carbocycles. The molecule has 0 fully saturated rings. The van der Waals surface area contributed by atoms with Crippen LogP contribution in [0.25, 0.3) is 11.1 Å². The van der Waals surface area contributed by atoms with E-state index in [-0.39, 0.29) is 16.5 Å². The van der Waals surface area contributed by atoms with Crippen LogP contribution in [0.5, 0.6) is 5.88 Å². The Kier molecular flexibility index (Phi) is 6.53. The van der Waals surface area contributed by atoms with Gasteiger partial charge in [-0.1, -0.05) is 12.1 Å². The molecule has 2 N–H and O–H groups in total. The lowest BCUT2D eigenvalue weighted by molar-refractivity contribution is 0.0818. The summed E-state index contributed by atoms with van der Waals surface area (Å²) in [5.41, 5.74) is 4.34. The van der Waals surface area contributed by atoms with E-state index in [4.69, 9.17) is 4.74 Å². The van der Waals surface area contributed by atoms with Crippen molar-refractivity contribution in [3.05, 3.63) is 59.5 Å². The Labute approximate surface area is 204 Å². The summed E-state index contributed by atoms with van der Waals surface area (Å²) in [6.45, 7) is 0. The third-order valence-electron chi connectivity index (χ3n) is 5.92. The summed E-state index contributed by atoms with van der Waals surface area (Å²) in [5, 5.41) is 2.76. The van der Waals surface area contributed by atoms with E-state index in [2.05, 4.69) is 15.0 Å². The van der Waals surface area contributed by atoms with Gasteiger partial charge in [-0.15, -0.1) is 0 Å². The second-order valence-electron chi connectivity index (χ2n) is 8.50. The first kappa shape index (κ1) is 24.3. The minimum Gasteiger partial charge on any atom is -0.481 e. The largest absolute Gasteiger partial charge is 0.481 e. The van der Waals surface area contributed by atoms with Gasteiger partial charge in [0, 0.05) is 45.2 Å². The lowest BCUT2D eigenvalue weighted by Crippen LogP contribution is -2.34. The molecule has 0 saturated heterocycles. The summed E-state index contributed by atoms with van der Waals surface area (Å²) in [7, 11) is 2.01. The maximum Gasteiger partial charge on any atom is 0.333 e. The third-order valence-corrected chi connectivity index (χ3v) is 7.22. The van der Waals surface area contributed by atoms with E-state index in [1.807, 2.05) is 12.1 Å². The van der Waals surface area contributed by atoms with Crippen LogP contribution in [-0.2, 0) is 29.9 Å². The average Bonchev–Trinajstić information content (AvgIpc) is 3.45. The highest BCUT2D eigenvalue weighted by atomic mass is 32.2. The molecule has 10 nitrogen and oxygen atoms in total. The van der Waals surface area contributed by atoms with Gasteiger partial charge >= 0.3 is 6.03 Å². The summed E-state index contributed by atoms with van der Waals surface area (Å²) in [6, 6.07) is 7.83. The molecule has 11 heteroatoms. The first-order valence-corrected chi connectivity index (χ1v) is 12.5. The topological polar surface area (TPSA) is 123 Å². The molecule has 0 atom stereocenters. The molecule has 2 aromatic heterocycles. The number of nitrogens with zero attached hydrogens (tertiary/aromatic N) is 3. The van der Waals surface area contributed by atoms with E-state index in [0.29, 0.717) is 11.6 Å². The van der Waals surface area contributed by atoms with Gasteiger partial charge in [-0.2, -0.15) is 0 Å². The van der Waals surface area contributed by atoms with Gasteiger partial charge in [0.05, 0.1) is 12.8 Å². The molecule has 0 radical (unpaired) electrons. The van der Waals surface area contributed by atoms with Crippen LogP contribution in [0.1, 0.15) is 28.0 Å². The fourth-order valence-electron chi connectivity index (χ4n) is 4.18. The number of urea groups is 1. The van der Waals surface area contributed by atoms with E-state index in [1.165, 1.54) is 28.8 Å². The summed E-state index contributed by atoms with van der Waals surface area (Å²) >= 11 is 0. The minimum absolute atomic E-state index is 0.183. The number of hydrogen-bond donors (Lipinski definition) is 2. The molecule has 2 heterocycles. The van der Waals surface area contributed by atoms with Crippen LogP contribution in [0, 0.1) is 0 Å². The predicted octanol–water partition coefficient (Wildman–Crippen LogP) is 2.80. The quantitative estimate of drug-likeness (QED) is 0.540. The van der Waals surface area contributed by atoms with Crippen molar-refractivity contribution in [3.8, 4) is 17.0 Å². The van der Waals surface area contributed by atoms with E-state index >= 15 is 0 Å². The average molecular weight is 498 g/mol. The molecule has 0 saturated carbocycles. The Hall–Kier alpha value is -3.86. The zero-order valence-corrected chi connectivity index (χ0v) is 20.8. The number of hydrogen-bond acceptors (Lipinski definition) is 6. The Bertz CT molecular complexity index is 1410. The highest BCUT2D eigenvalue weighted by Gasteiger charge is 2.25. The number of ether oxygens (including phenoxy) is 1. The van der Waals surface area contributed by atoms with Gasteiger partial charge in [0.25, 0.3) is 15.9 Å². The monoisotopic (exact) mass is 497 g/mol. The predicted molar refractivity (Wildman–Crippen MR) is 131 cm³/mol. The van der Waals surface area contributed by atoms with Crippen molar-refractivity contribution in [2.75, 3.05) is 26.5 Å². The number of benzene rings is 1. The molecule has 35 heavy (non-hydrogen) atoms. The van der Waals surface area contributed by atoms with E-state index in [0.717, 1.165) is 41.5 Å². The smallest absolute Gasteiger partial charge is 0.333 e. The molecule has 0 spiro atoms. The number of methoxy groups -OCH3 is 1. The summed E-state index contributed by atoms with van der Waals surface area (Å²) in [6.07, 6.45) is 5.50. The highest BCUT2D eigenvalue weighted by Crippen LogP contribution is 2.38. The molecule has 3 amide bonds. The second-order valence-corrected chi connectivity index (χ2v) is 10.2. The minimum atomic E-state index is -4.23. The molecule has 4 rings (SSSR count). The van der Waals surface area contributed by atoms with Crippen molar-refractivity contribution in [1.29, 1.82) is 0 Å². The van der Waals surface area contributed by atoms with Gasteiger partial charge in [0.2, 0.25) is 5.88 Å². The Balaban J connectivity index is 1.64. The number of amides is 3. The number of sulfonamides is 1. The number of aromatic nitrogens is 2. The number of anilines is 1. The molecule has 0 bridgehead atoms. The van der Waals surface area contributed by atoms with Crippen LogP contribution in [0.15, 0.2) is 47.6 Å². The molecule has 1 aromatic carbocycles. The van der Waals surface area contributed by atoms with Crippen LogP contribution in [0.2, 0.25) is 0 Å². The molecule has 0 aliphatic heterocycles. The van der Waals surface area contributed by atoms with Crippen LogP contribution < -0.4 is 14.8 Å². The number of carbonyl (C=O) groups excluding carboxylic acids is 2. The number of pyridine rings is 1. The molecular weight excluding hydrogens is 470 g/mol. The van der Waals surface area contributed by atoms with Gasteiger partial charge in [-0.25, -0.2) is 22.9 Å². The van der Waals surface area contributed by atoms with Gasteiger partial charge in [0.1, 0.15) is 10.6 Å². The van der Waals surface area contributed by atoms with Crippen molar-refractivity contribution >= 4 is 27.6 Å². The summed E-state index contributed by atoms with van der Waals surface area (Å²) in [4.78, 5) is 30.5. The van der Waals surface area contributed by atoms with Gasteiger partial charge in [-0.3, -0.25) is 4.79 Å². The Morgan fingerprint density at radius 1 is 1.14 bits per heavy atom. The highest BCUT2D eigenvalue weighted by molar-refractivity contribution is 7.90. The molecule has 184 valence electrons. The fourth-order valence-corrected chi connectivity index (χ4v) is 5.16. The number of rotatable bonds is 6. The van der Waals surface area contributed by atoms with Crippen LogP contribution >= 0.6 is 0 Å². The number of carbonyl (C=O) groups is 2. The van der Waals surface area contributed by atoms with E-state index in [1.54, 1.807) is 39.5 Å².